The number of carboxylic acid groups (broad SMARTS) is 1. The zero-order valence-electron chi connectivity index (χ0n) is 32.4. The smallest absolute Gasteiger partial charge is 0.407 e. The fourth-order valence-electron chi connectivity index (χ4n) is 7.96. The highest BCUT2D eigenvalue weighted by Crippen LogP contribution is 2.37. The highest BCUT2D eigenvalue weighted by atomic mass is 28.4. The summed E-state index contributed by atoms with van der Waals surface area (Å²) in [5.41, 5.74) is 10.3. The number of nitrogens with one attached hydrogen (secondary N) is 1. The second-order valence-electron chi connectivity index (χ2n) is 15.3. The predicted octanol–water partition coefficient (Wildman–Crippen LogP) is 6.57. The summed E-state index contributed by atoms with van der Waals surface area (Å²) in [4.78, 5) is 27.1. The Morgan fingerprint density at radius 1 is 1.04 bits per heavy atom. The molecule has 54 heavy (non-hydrogen) atoms. The van der Waals surface area contributed by atoms with E-state index >= 15 is 0 Å². The van der Waals surface area contributed by atoms with Crippen molar-refractivity contribution in [2.75, 3.05) is 37.9 Å². The van der Waals surface area contributed by atoms with Crippen molar-refractivity contribution in [1.82, 2.24) is 29.6 Å². The van der Waals surface area contributed by atoms with Crippen LogP contribution in [0.1, 0.15) is 82.7 Å². The number of aryl methyl sites for hydroxylation is 1. The van der Waals surface area contributed by atoms with E-state index in [2.05, 4.69) is 98.7 Å². The van der Waals surface area contributed by atoms with Gasteiger partial charge in [0.1, 0.15) is 22.5 Å². The Morgan fingerprint density at radius 2 is 1.69 bits per heavy atom. The number of fused-ring (bicyclic) bond motifs is 1. The van der Waals surface area contributed by atoms with E-state index < -0.39 is 14.4 Å². The van der Waals surface area contributed by atoms with Crippen LogP contribution in [0.5, 0.6) is 5.75 Å². The largest absolute Gasteiger partial charge is 0.495 e. The molecule has 0 saturated carbocycles. The van der Waals surface area contributed by atoms with Gasteiger partial charge in [-0.05, 0) is 65.6 Å². The molecule has 12 nitrogen and oxygen atoms in total. The highest BCUT2D eigenvalue weighted by Gasteiger charge is 2.50. The standard InChI is InChI=1S/C41H54N8O4Si/c1-7-14-31(21-24-53-54(41(3,4)5,32-15-10-8-11-16-32)33-17-12-9-13-18-33)44-38-37-36(45-39(42)46-38)28(2)47-49(37)27-34-35(52-6)25-30(26-43-34)29-19-22-48(23-20-29)40(50)51/h8-13,15-18,25-26,29,31H,7,14,19-24,27H2,1-6H3,(H,50,51)(H3,42,44,45,46)/t31-/m0/s1. The van der Waals surface area contributed by atoms with E-state index in [0.717, 1.165) is 54.6 Å². The maximum Gasteiger partial charge on any atom is 0.407 e. The summed E-state index contributed by atoms with van der Waals surface area (Å²) < 4.78 is 15.0. The Hall–Kier alpha value is -5.01. The van der Waals surface area contributed by atoms with Crippen LogP contribution in [0.2, 0.25) is 5.04 Å². The number of hydrogen-bond donors (Lipinski definition) is 3. The third-order valence-electron chi connectivity index (χ3n) is 10.7. The number of piperidine rings is 1. The lowest BCUT2D eigenvalue weighted by molar-refractivity contribution is 0.132. The summed E-state index contributed by atoms with van der Waals surface area (Å²) >= 11 is 0. The van der Waals surface area contributed by atoms with E-state index in [9.17, 15) is 9.90 Å². The molecule has 0 aliphatic carbocycles. The van der Waals surface area contributed by atoms with Crippen molar-refractivity contribution in [3.8, 4) is 5.75 Å². The lowest BCUT2D eigenvalue weighted by Crippen LogP contribution is -2.66. The maximum absolute atomic E-state index is 11.4. The molecule has 3 aromatic heterocycles. The number of amides is 1. The van der Waals surface area contributed by atoms with Crippen molar-refractivity contribution in [2.24, 2.45) is 0 Å². The van der Waals surface area contributed by atoms with Crippen molar-refractivity contribution < 1.29 is 19.1 Å². The van der Waals surface area contributed by atoms with E-state index in [1.54, 1.807) is 7.11 Å². The van der Waals surface area contributed by atoms with Crippen LogP contribution in [0.25, 0.3) is 11.0 Å². The molecule has 6 rings (SSSR count). The molecule has 4 heterocycles. The number of hydrogen-bond acceptors (Lipinski definition) is 9. The molecule has 0 bridgehead atoms. The number of rotatable bonds is 14. The van der Waals surface area contributed by atoms with E-state index in [1.807, 2.05) is 23.9 Å². The molecule has 0 unspecified atom stereocenters. The average Bonchev–Trinajstić information content (AvgIpc) is 3.47. The number of nitrogen functional groups attached to an aromatic ring is 1. The maximum atomic E-state index is 11.4. The quantitative estimate of drug-likeness (QED) is 0.106. The number of nitrogens with two attached hydrogens (primary N) is 1. The Kier molecular flexibility index (Phi) is 11.9. The predicted molar refractivity (Wildman–Crippen MR) is 216 cm³/mol. The topological polar surface area (TPSA) is 154 Å². The number of methoxy groups -OCH3 is 1. The van der Waals surface area contributed by atoms with Crippen LogP contribution < -0.4 is 26.2 Å². The minimum Gasteiger partial charge on any atom is -0.495 e. The fraction of sp³-hybridized carbons (Fsp3) is 0.439. The number of pyridine rings is 1. The van der Waals surface area contributed by atoms with Gasteiger partial charge in [-0.15, -0.1) is 0 Å². The number of nitrogens with zero attached hydrogens (tertiary/aromatic N) is 6. The van der Waals surface area contributed by atoms with Gasteiger partial charge >= 0.3 is 6.09 Å². The van der Waals surface area contributed by atoms with Gasteiger partial charge in [0.05, 0.1) is 19.3 Å². The molecule has 1 amide bonds. The fourth-order valence-corrected chi connectivity index (χ4v) is 12.5. The second kappa shape index (κ2) is 16.6. The average molecular weight is 751 g/mol. The number of likely N-dealkylation sites (tertiary alicyclic amines) is 1. The first-order chi connectivity index (χ1) is 25.9. The van der Waals surface area contributed by atoms with E-state index in [0.29, 0.717) is 43.3 Å². The number of anilines is 2. The molecular formula is C41H54N8O4Si. The lowest BCUT2D eigenvalue weighted by Gasteiger charge is -2.43. The summed E-state index contributed by atoms with van der Waals surface area (Å²) in [5, 5.41) is 20.4. The molecule has 1 aliphatic heterocycles. The van der Waals surface area contributed by atoms with Gasteiger partial charge in [-0.2, -0.15) is 10.1 Å². The first-order valence-corrected chi connectivity index (χ1v) is 20.9. The van der Waals surface area contributed by atoms with Gasteiger partial charge in [-0.25, -0.2) is 9.78 Å². The third kappa shape index (κ3) is 8.07. The number of carbonyl (C=O) groups is 1. The second-order valence-corrected chi connectivity index (χ2v) is 19.6. The molecule has 286 valence electrons. The number of aromatic nitrogens is 5. The van der Waals surface area contributed by atoms with E-state index in [-0.39, 0.29) is 22.9 Å². The normalized spacial score (nSPS) is 14.7. The first-order valence-electron chi connectivity index (χ1n) is 19.0. The Bertz CT molecular complexity index is 1990. The van der Waals surface area contributed by atoms with Crippen molar-refractivity contribution >= 4 is 47.6 Å². The van der Waals surface area contributed by atoms with Gasteiger partial charge < -0.3 is 30.2 Å². The van der Waals surface area contributed by atoms with Gasteiger partial charge in [-0.1, -0.05) is 94.8 Å². The van der Waals surface area contributed by atoms with Crippen molar-refractivity contribution in [3.63, 3.8) is 0 Å². The molecule has 0 radical (unpaired) electrons. The zero-order chi connectivity index (χ0) is 38.5. The molecular weight excluding hydrogens is 697 g/mol. The Morgan fingerprint density at radius 3 is 2.26 bits per heavy atom. The number of benzene rings is 2. The van der Waals surface area contributed by atoms with Crippen molar-refractivity contribution in [2.45, 2.75) is 90.3 Å². The third-order valence-corrected chi connectivity index (χ3v) is 15.7. The van der Waals surface area contributed by atoms with Crippen molar-refractivity contribution in [3.05, 3.63) is 89.9 Å². The molecule has 1 atom stereocenters. The molecule has 2 aromatic carbocycles. The Balaban J connectivity index is 1.26. The summed E-state index contributed by atoms with van der Waals surface area (Å²) in [6.07, 6.45) is 5.15. The van der Waals surface area contributed by atoms with Crippen LogP contribution in [0.4, 0.5) is 16.6 Å². The van der Waals surface area contributed by atoms with Gasteiger partial charge in [0.15, 0.2) is 5.82 Å². The van der Waals surface area contributed by atoms with Crippen LogP contribution in [-0.4, -0.2) is 82.0 Å². The van der Waals surface area contributed by atoms with Crippen LogP contribution >= 0.6 is 0 Å². The molecule has 4 N–H and O–H groups in total. The summed E-state index contributed by atoms with van der Waals surface area (Å²) in [6.45, 7) is 12.9. The highest BCUT2D eigenvalue weighted by molar-refractivity contribution is 6.99. The molecule has 1 fully saturated rings. The van der Waals surface area contributed by atoms with Crippen LogP contribution in [0.3, 0.4) is 0 Å². The first kappa shape index (κ1) is 38.7. The van der Waals surface area contributed by atoms with E-state index in [1.165, 1.54) is 15.3 Å². The molecule has 1 aliphatic rings. The van der Waals surface area contributed by atoms with Crippen molar-refractivity contribution in [1.29, 1.82) is 0 Å². The van der Waals surface area contributed by atoms with Crippen LogP contribution in [0.15, 0.2) is 72.9 Å². The van der Waals surface area contributed by atoms with Gasteiger partial charge in [0.2, 0.25) is 5.95 Å². The molecule has 13 heteroatoms. The molecule has 0 spiro atoms. The Labute approximate surface area is 319 Å². The van der Waals surface area contributed by atoms with Gasteiger partial charge in [0.25, 0.3) is 8.32 Å². The zero-order valence-corrected chi connectivity index (χ0v) is 33.4. The van der Waals surface area contributed by atoms with Crippen LogP contribution in [-0.2, 0) is 11.0 Å². The minimum atomic E-state index is -2.70. The summed E-state index contributed by atoms with van der Waals surface area (Å²) in [7, 11) is -1.05. The summed E-state index contributed by atoms with van der Waals surface area (Å²) in [6, 6.07) is 23.5. The van der Waals surface area contributed by atoms with Crippen LogP contribution in [0, 0.1) is 6.92 Å². The number of ether oxygens (including phenoxy) is 1. The summed E-state index contributed by atoms with van der Waals surface area (Å²) in [5.74, 6) is 1.68. The van der Waals surface area contributed by atoms with Gasteiger partial charge in [0, 0.05) is 31.9 Å². The molecule has 5 aromatic rings. The monoisotopic (exact) mass is 750 g/mol. The van der Waals surface area contributed by atoms with Gasteiger partial charge in [-0.3, -0.25) is 9.67 Å². The lowest BCUT2D eigenvalue weighted by atomic mass is 9.90. The van der Waals surface area contributed by atoms with E-state index in [4.69, 9.17) is 30.0 Å². The SMILES string of the molecule is CCC[C@@H](CCO[Si](c1ccccc1)(c1ccccc1)C(C)(C)C)Nc1nc(N)nc2c(C)nn(Cc3ncc(C4CCN(C(=O)O)CC4)cc3OC)c12. The molecule has 1 saturated heterocycles. The minimum absolute atomic E-state index is 0.0499.